The topological polar surface area (TPSA) is 38.5 Å². The van der Waals surface area contributed by atoms with Crippen molar-refractivity contribution in [3.8, 4) is 5.75 Å². The molecule has 0 radical (unpaired) electrons. The standard InChI is InChI=1S/C14H21BrN2O/c1-18-14-6-5-11(8-13(14)15)10-17-7-3-2-4-12(17)9-16/h5-6,8,12H,2-4,7,9-10,16H2,1H3. The molecule has 3 nitrogen and oxygen atoms in total. The van der Waals surface area contributed by atoms with Gasteiger partial charge in [0.15, 0.2) is 0 Å². The number of piperidine rings is 1. The average Bonchev–Trinajstić information content (AvgIpc) is 2.39. The largest absolute Gasteiger partial charge is 0.496 e. The third-order valence-corrected chi connectivity index (χ3v) is 4.24. The number of likely N-dealkylation sites (tertiary alicyclic amines) is 1. The van der Waals surface area contributed by atoms with Gasteiger partial charge < -0.3 is 10.5 Å². The van der Waals surface area contributed by atoms with Gasteiger partial charge in [-0.25, -0.2) is 0 Å². The van der Waals surface area contributed by atoms with E-state index in [1.165, 1.54) is 24.8 Å². The molecule has 18 heavy (non-hydrogen) atoms. The molecule has 1 aliphatic rings. The lowest BCUT2D eigenvalue weighted by atomic mass is 10.0. The van der Waals surface area contributed by atoms with Crippen LogP contribution in [0, 0.1) is 0 Å². The number of benzene rings is 1. The minimum absolute atomic E-state index is 0.541. The molecule has 1 fully saturated rings. The van der Waals surface area contributed by atoms with E-state index in [4.69, 9.17) is 10.5 Å². The molecule has 1 atom stereocenters. The van der Waals surface area contributed by atoms with Gasteiger partial charge in [-0.3, -0.25) is 4.90 Å². The van der Waals surface area contributed by atoms with Gasteiger partial charge >= 0.3 is 0 Å². The summed E-state index contributed by atoms with van der Waals surface area (Å²) in [5, 5.41) is 0. The van der Waals surface area contributed by atoms with Crippen molar-refractivity contribution in [2.45, 2.75) is 31.8 Å². The molecule has 1 aliphatic heterocycles. The van der Waals surface area contributed by atoms with Gasteiger partial charge in [0, 0.05) is 19.1 Å². The van der Waals surface area contributed by atoms with Crippen LogP contribution in [-0.4, -0.2) is 31.1 Å². The van der Waals surface area contributed by atoms with E-state index < -0.39 is 0 Å². The Labute approximate surface area is 117 Å². The number of methoxy groups -OCH3 is 1. The quantitative estimate of drug-likeness (QED) is 0.929. The predicted octanol–water partition coefficient (Wildman–Crippen LogP) is 2.77. The van der Waals surface area contributed by atoms with Gasteiger partial charge in [-0.15, -0.1) is 0 Å². The van der Waals surface area contributed by atoms with Gasteiger partial charge in [-0.05, 0) is 53.0 Å². The van der Waals surface area contributed by atoms with E-state index in [-0.39, 0.29) is 0 Å². The van der Waals surface area contributed by atoms with Crippen molar-refractivity contribution in [1.29, 1.82) is 0 Å². The number of halogens is 1. The fourth-order valence-corrected chi connectivity index (χ4v) is 3.17. The summed E-state index contributed by atoms with van der Waals surface area (Å²) in [6.07, 6.45) is 3.83. The van der Waals surface area contributed by atoms with Crippen LogP contribution in [0.2, 0.25) is 0 Å². The van der Waals surface area contributed by atoms with Crippen LogP contribution < -0.4 is 10.5 Å². The van der Waals surface area contributed by atoms with E-state index in [9.17, 15) is 0 Å². The number of rotatable bonds is 4. The fourth-order valence-electron chi connectivity index (χ4n) is 2.58. The Kier molecular flexibility index (Phi) is 5.03. The molecular formula is C14H21BrN2O. The Morgan fingerprint density at radius 1 is 1.44 bits per heavy atom. The smallest absolute Gasteiger partial charge is 0.133 e. The molecular weight excluding hydrogens is 292 g/mol. The zero-order chi connectivity index (χ0) is 13.0. The first kappa shape index (κ1) is 13.8. The summed E-state index contributed by atoms with van der Waals surface area (Å²) < 4.78 is 6.27. The number of hydrogen-bond donors (Lipinski definition) is 1. The number of hydrogen-bond acceptors (Lipinski definition) is 3. The molecule has 0 spiro atoms. The van der Waals surface area contributed by atoms with Crippen LogP contribution in [0.5, 0.6) is 5.75 Å². The van der Waals surface area contributed by atoms with Crippen molar-refractivity contribution < 1.29 is 4.74 Å². The van der Waals surface area contributed by atoms with Crippen molar-refractivity contribution in [3.05, 3.63) is 28.2 Å². The predicted molar refractivity (Wildman–Crippen MR) is 77.8 cm³/mol. The van der Waals surface area contributed by atoms with Gasteiger partial charge in [-0.1, -0.05) is 12.5 Å². The SMILES string of the molecule is COc1ccc(CN2CCCCC2CN)cc1Br. The average molecular weight is 313 g/mol. The summed E-state index contributed by atoms with van der Waals surface area (Å²) in [4.78, 5) is 2.50. The molecule has 1 unspecified atom stereocenters. The first-order valence-corrected chi connectivity index (χ1v) is 7.30. The Balaban J connectivity index is 2.05. The Bertz CT molecular complexity index is 397. The molecule has 0 aliphatic carbocycles. The maximum atomic E-state index is 5.85. The zero-order valence-electron chi connectivity index (χ0n) is 10.9. The van der Waals surface area contributed by atoms with Crippen LogP contribution in [0.1, 0.15) is 24.8 Å². The summed E-state index contributed by atoms with van der Waals surface area (Å²) in [6, 6.07) is 6.83. The third-order valence-electron chi connectivity index (χ3n) is 3.62. The van der Waals surface area contributed by atoms with E-state index in [1.54, 1.807) is 7.11 Å². The van der Waals surface area contributed by atoms with Crippen LogP contribution in [0.3, 0.4) is 0 Å². The Morgan fingerprint density at radius 2 is 2.28 bits per heavy atom. The molecule has 100 valence electrons. The maximum absolute atomic E-state index is 5.85. The van der Waals surface area contributed by atoms with E-state index in [0.29, 0.717) is 6.04 Å². The number of nitrogens with two attached hydrogens (primary N) is 1. The highest BCUT2D eigenvalue weighted by atomic mass is 79.9. The van der Waals surface area contributed by atoms with E-state index in [1.807, 2.05) is 6.07 Å². The van der Waals surface area contributed by atoms with Gasteiger partial charge in [-0.2, -0.15) is 0 Å². The number of ether oxygens (including phenoxy) is 1. The lowest BCUT2D eigenvalue weighted by molar-refractivity contribution is 0.145. The molecule has 1 heterocycles. The first-order valence-electron chi connectivity index (χ1n) is 6.51. The molecule has 0 amide bonds. The summed E-state index contributed by atoms with van der Waals surface area (Å²) in [5.74, 6) is 0.882. The summed E-state index contributed by atoms with van der Waals surface area (Å²) >= 11 is 3.54. The lowest BCUT2D eigenvalue weighted by Crippen LogP contribution is -2.43. The molecule has 2 rings (SSSR count). The second kappa shape index (κ2) is 6.55. The minimum atomic E-state index is 0.541. The van der Waals surface area contributed by atoms with Gasteiger partial charge in [0.05, 0.1) is 11.6 Å². The molecule has 4 heteroatoms. The van der Waals surface area contributed by atoms with Crippen molar-refractivity contribution >= 4 is 15.9 Å². The highest BCUT2D eigenvalue weighted by molar-refractivity contribution is 9.10. The fraction of sp³-hybridized carbons (Fsp3) is 0.571. The molecule has 2 N–H and O–H groups in total. The van der Waals surface area contributed by atoms with Gasteiger partial charge in [0.1, 0.15) is 5.75 Å². The normalized spacial score (nSPS) is 20.9. The molecule has 1 aromatic carbocycles. The molecule has 0 bridgehead atoms. The van der Waals surface area contributed by atoms with E-state index in [0.717, 1.165) is 29.9 Å². The second-order valence-electron chi connectivity index (χ2n) is 4.82. The van der Waals surface area contributed by atoms with E-state index >= 15 is 0 Å². The maximum Gasteiger partial charge on any atom is 0.133 e. The van der Waals surface area contributed by atoms with Gasteiger partial charge in [0.2, 0.25) is 0 Å². The molecule has 1 saturated heterocycles. The third kappa shape index (κ3) is 3.25. The van der Waals surface area contributed by atoms with E-state index in [2.05, 4.69) is 33.0 Å². The van der Waals surface area contributed by atoms with Crippen LogP contribution in [0.15, 0.2) is 22.7 Å². The van der Waals surface area contributed by atoms with Crippen molar-refractivity contribution in [3.63, 3.8) is 0 Å². The lowest BCUT2D eigenvalue weighted by Gasteiger charge is -2.35. The van der Waals surface area contributed by atoms with Crippen LogP contribution >= 0.6 is 15.9 Å². The summed E-state index contributed by atoms with van der Waals surface area (Å²) in [7, 11) is 1.69. The monoisotopic (exact) mass is 312 g/mol. The molecule has 1 aromatic rings. The highest BCUT2D eigenvalue weighted by Crippen LogP contribution is 2.27. The second-order valence-corrected chi connectivity index (χ2v) is 5.68. The van der Waals surface area contributed by atoms with Crippen molar-refractivity contribution in [2.24, 2.45) is 5.73 Å². The Hall–Kier alpha value is -0.580. The molecule has 0 aromatic heterocycles. The summed E-state index contributed by atoms with van der Waals surface area (Å²) in [5.41, 5.74) is 7.16. The van der Waals surface area contributed by atoms with Gasteiger partial charge in [0.25, 0.3) is 0 Å². The van der Waals surface area contributed by atoms with Crippen LogP contribution in [0.4, 0.5) is 0 Å². The first-order chi connectivity index (χ1) is 8.74. The summed E-state index contributed by atoms with van der Waals surface area (Å²) in [6.45, 7) is 2.90. The minimum Gasteiger partial charge on any atom is -0.496 e. The molecule has 0 saturated carbocycles. The van der Waals surface area contributed by atoms with Crippen LogP contribution in [-0.2, 0) is 6.54 Å². The van der Waals surface area contributed by atoms with Crippen LogP contribution in [0.25, 0.3) is 0 Å². The Morgan fingerprint density at radius 3 is 2.94 bits per heavy atom. The van der Waals surface area contributed by atoms with Crippen molar-refractivity contribution in [1.82, 2.24) is 4.90 Å². The zero-order valence-corrected chi connectivity index (χ0v) is 12.4. The number of nitrogens with zero attached hydrogens (tertiary/aromatic N) is 1. The van der Waals surface area contributed by atoms with Crippen molar-refractivity contribution in [2.75, 3.05) is 20.2 Å². The highest BCUT2D eigenvalue weighted by Gasteiger charge is 2.21.